The van der Waals surface area contributed by atoms with Crippen molar-refractivity contribution in [3.8, 4) is 0 Å². The third-order valence-electron chi connectivity index (χ3n) is 4.24. The first kappa shape index (κ1) is 25.3. The zero-order valence-corrected chi connectivity index (χ0v) is 18.8. The van der Waals surface area contributed by atoms with Gasteiger partial charge in [-0.2, -0.15) is 5.10 Å². The van der Waals surface area contributed by atoms with Crippen LogP contribution >= 0.6 is 11.3 Å². The SMILES string of the molecule is CCCCN/N=C(\C(=O)OC)C(C(=O)OC)C(=O)C(=O)Nc1nc2ccc([N+](=O)[O-])cc2s1. The maximum Gasteiger partial charge on any atom is 0.355 e. The number of amides is 1. The molecule has 33 heavy (non-hydrogen) atoms. The van der Waals surface area contributed by atoms with Crippen LogP contribution in [0.2, 0.25) is 0 Å². The van der Waals surface area contributed by atoms with Crippen LogP contribution in [-0.4, -0.2) is 60.0 Å². The summed E-state index contributed by atoms with van der Waals surface area (Å²) >= 11 is 0.889. The smallest absolute Gasteiger partial charge is 0.355 e. The molecule has 0 spiro atoms. The molecule has 1 aromatic heterocycles. The monoisotopic (exact) mass is 479 g/mol. The van der Waals surface area contributed by atoms with E-state index < -0.39 is 40.2 Å². The molecule has 2 aromatic rings. The minimum atomic E-state index is -1.98. The number of non-ortho nitro benzene ring substituents is 1. The number of benzene rings is 1. The molecule has 176 valence electrons. The number of hydrazone groups is 1. The van der Waals surface area contributed by atoms with Crippen LogP contribution in [0.3, 0.4) is 0 Å². The van der Waals surface area contributed by atoms with Crippen LogP contribution in [-0.2, 0) is 28.7 Å². The average Bonchev–Trinajstić information content (AvgIpc) is 3.21. The molecule has 14 heteroatoms. The number of carbonyl (C=O) groups excluding carboxylic acids is 4. The Kier molecular flexibility index (Phi) is 8.91. The maximum absolute atomic E-state index is 12.8. The molecule has 0 radical (unpaired) electrons. The van der Waals surface area contributed by atoms with Gasteiger partial charge in [-0.05, 0) is 12.5 Å². The number of unbranched alkanes of at least 4 members (excludes halogenated alkanes) is 1. The normalized spacial score (nSPS) is 12.0. The summed E-state index contributed by atoms with van der Waals surface area (Å²) in [6, 6.07) is 3.91. The summed E-state index contributed by atoms with van der Waals surface area (Å²) in [5.74, 6) is -6.84. The molecule has 1 aromatic carbocycles. The lowest BCUT2D eigenvalue weighted by molar-refractivity contribution is -0.384. The second-order valence-corrected chi connectivity index (χ2v) is 7.48. The van der Waals surface area contributed by atoms with Gasteiger partial charge in [-0.1, -0.05) is 24.7 Å². The maximum atomic E-state index is 12.8. The first-order chi connectivity index (χ1) is 15.7. The summed E-state index contributed by atoms with van der Waals surface area (Å²) in [7, 11) is 2.02. The zero-order valence-electron chi connectivity index (χ0n) is 17.9. The molecule has 0 saturated heterocycles. The van der Waals surface area contributed by atoms with Gasteiger partial charge in [0.25, 0.3) is 11.6 Å². The van der Waals surface area contributed by atoms with Crippen LogP contribution in [0.1, 0.15) is 19.8 Å². The van der Waals surface area contributed by atoms with Gasteiger partial charge in [0.1, 0.15) is 0 Å². The highest BCUT2D eigenvalue weighted by Gasteiger charge is 2.41. The fourth-order valence-corrected chi connectivity index (χ4v) is 3.45. The number of hydrogen-bond donors (Lipinski definition) is 2. The third kappa shape index (κ3) is 6.29. The molecule has 2 rings (SSSR count). The van der Waals surface area contributed by atoms with Crippen LogP contribution in [0.4, 0.5) is 10.8 Å². The number of anilines is 1. The number of nitro benzene ring substituents is 1. The molecule has 0 saturated carbocycles. The van der Waals surface area contributed by atoms with Gasteiger partial charge in [-0.15, -0.1) is 0 Å². The summed E-state index contributed by atoms with van der Waals surface area (Å²) < 4.78 is 9.58. The average molecular weight is 479 g/mol. The van der Waals surface area contributed by atoms with Gasteiger partial charge in [0.05, 0.1) is 29.4 Å². The highest BCUT2D eigenvalue weighted by molar-refractivity contribution is 7.22. The highest BCUT2D eigenvalue weighted by atomic mass is 32.1. The number of hydrogen-bond acceptors (Lipinski definition) is 12. The molecule has 0 fully saturated rings. The number of Topliss-reactive ketones (excluding diaryl/α,β-unsaturated/α-hetero) is 1. The minimum Gasteiger partial charge on any atom is -0.468 e. The van der Waals surface area contributed by atoms with Gasteiger partial charge in [0.15, 0.2) is 16.8 Å². The quantitative estimate of drug-likeness (QED) is 0.0910. The third-order valence-corrected chi connectivity index (χ3v) is 5.17. The molecule has 1 heterocycles. The van der Waals surface area contributed by atoms with Crippen molar-refractivity contribution >= 4 is 61.7 Å². The number of fused-ring (bicyclic) bond motifs is 1. The van der Waals surface area contributed by atoms with Crippen molar-refractivity contribution in [1.29, 1.82) is 0 Å². The number of ether oxygens (including phenoxy) is 2. The zero-order chi connectivity index (χ0) is 24.5. The Morgan fingerprint density at radius 2 is 1.97 bits per heavy atom. The van der Waals surface area contributed by atoms with Crippen LogP contribution in [0, 0.1) is 16.0 Å². The van der Waals surface area contributed by atoms with E-state index in [1.54, 1.807) is 0 Å². The van der Waals surface area contributed by atoms with Crippen molar-refractivity contribution in [3.05, 3.63) is 28.3 Å². The van der Waals surface area contributed by atoms with Gasteiger partial charge in [0.2, 0.25) is 5.78 Å². The lowest BCUT2D eigenvalue weighted by atomic mass is 9.97. The topological polar surface area (TPSA) is 179 Å². The van der Waals surface area contributed by atoms with E-state index in [1.165, 1.54) is 18.2 Å². The molecule has 1 atom stereocenters. The Balaban J connectivity index is 2.31. The van der Waals surface area contributed by atoms with E-state index in [2.05, 4.69) is 30.3 Å². The van der Waals surface area contributed by atoms with E-state index in [9.17, 15) is 29.3 Å². The van der Waals surface area contributed by atoms with Crippen LogP contribution in [0.25, 0.3) is 10.2 Å². The summed E-state index contributed by atoms with van der Waals surface area (Å²) in [4.78, 5) is 64.3. The molecular formula is C19H21N5O8S. The Hall–Kier alpha value is -3.94. The van der Waals surface area contributed by atoms with Crippen molar-refractivity contribution in [1.82, 2.24) is 10.4 Å². The molecule has 0 aliphatic heterocycles. The van der Waals surface area contributed by atoms with E-state index in [-0.39, 0.29) is 10.8 Å². The van der Waals surface area contributed by atoms with Crippen molar-refractivity contribution < 1.29 is 33.6 Å². The summed E-state index contributed by atoms with van der Waals surface area (Å²) in [5, 5.41) is 16.9. The Morgan fingerprint density at radius 3 is 2.58 bits per heavy atom. The summed E-state index contributed by atoms with van der Waals surface area (Å²) in [6.45, 7) is 2.28. The lowest BCUT2D eigenvalue weighted by Crippen LogP contribution is -2.43. The van der Waals surface area contributed by atoms with Crippen LogP contribution in [0.15, 0.2) is 23.3 Å². The lowest BCUT2D eigenvalue weighted by Gasteiger charge is -2.14. The Morgan fingerprint density at radius 1 is 1.24 bits per heavy atom. The molecule has 0 aliphatic carbocycles. The first-order valence-corrected chi connectivity index (χ1v) is 10.4. The molecule has 0 bridgehead atoms. The number of nitrogens with zero attached hydrogens (tertiary/aromatic N) is 3. The molecule has 2 N–H and O–H groups in total. The number of nitro groups is 1. The minimum absolute atomic E-state index is 0.0370. The van der Waals surface area contributed by atoms with Gasteiger partial charge >= 0.3 is 11.9 Å². The van der Waals surface area contributed by atoms with Crippen molar-refractivity contribution in [3.63, 3.8) is 0 Å². The van der Waals surface area contributed by atoms with Gasteiger partial charge < -0.3 is 14.9 Å². The van der Waals surface area contributed by atoms with Crippen LogP contribution in [0.5, 0.6) is 0 Å². The molecular weight excluding hydrogens is 458 g/mol. The standard InChI is InChI=1S/C19H21N5O8S/c1-4-5-8-20-23-14(18(28)32-3)13(17(27)31-2)15(25)16(26)22-19-21-11-7-6-10(24(29)30)9-12(11)33-19/h6-7,9,13,20H,4-5,8H2,1-3H3,(H,21,22,26)/b23-14-. The second-order valence-electron chi connectivity index (χ2n) is 6.45. The van der Waals surface area contributed by atoms with Gasteiger partial charge in [-0.3, -0.25) is 29.8 Å². The van der Waals surface area contributed by atoms with Crippen molar-refractivity contribution in [2.45, 2.75) is 19.8 Å². The predicted molar refractivity (Wildman–Crippen MR) is 118 cm³/mol. The van der Waals surface area contributed by atoms with E-state index in [1.807, 2.05) is 6.92 Å². The van der Waals surface area contributed by atoms with E-state index in [4.69, 9.17) is 0 Å². The van der Waals surface area contributed by atoms with E-state index >= 15 is 0 Å². The number of thiazole rings is 1. The van der Waals surface area contributed by atoms with Crippen molar-refractivity contribution in [2.75, 3.05) is 26.1 Å². The molecule has 13 nitrogen and oxygen atoms in total. The largest absolute Gasteiger partial charge is 0.468 e. The second kappa shape index (κ2) is 11.6. The fourth-order valence-electron chi connectivity index (χ4n) is 2.56. The fraction of sp³-hybridized carbons (Fsp3) is 0.368. The van der Waals surface area contributed by atoms with Crippen LogP contribution < -0.4 is 10.7 Å². The number of ketones is 1. The van der Waals surface area contributed by atoms with Gasteiger partial charge in [-0.25, -0.2) is 9.78 Å². The predicted octanol–water partition coefficient (Wildman–Crippen LogP) is 1.42. The molecule has 0 aliphatic rings. The Labute approximate surface area is 191 Å². The summed E-state index contributed by atoms with van der Waals surface area (Å²) in [6.07, 6.45) is 1.52. The molecule has 1 unspecified atom stereocenters. The van der Waals surface area contributed by atoms with E-state index in [0.717, 1.165) is 32.0 Å². The first-order valence-electron chi connectivity index (χ1n) is 9.60. The van der Waals surface area contributed by atoms with E-state index in [0.29, 0.717) is 23.2 Å². The number of esters is 2. The number of rotatable bonds is 11. The van der Waals surface area contributed by atoms with Crippen molar-refractivity contribution in [2.24, 2.45) is 11.0 Å². The molecule has 1 amide bonds. The number of aromatic nitrogens is 1. The summed E-state index contributed by atoms with van der Waals surface area (Å²) in [5.41, 5.74) is 2.12. The number of nitrogens with one attached hydrogen (secondary N) is 2. The van der Waals surface area contributed by atoms with Gasteiger partial charge in [0, 0.05) is 18.7 Å². The number of methoxy groups -OCH3 is 2. The Bertz CT molecular complexity index is 1110. The number of carbonyl (C=O) groups is 4. The highest BCUT2D eigenvalue weighted by Crippen LogP contribution is 2.29.